The van der Waals surface area contributed by atoms with Crippen LogP contribution in [-0.4, -0.2) is 69.8 Å². The lowest BCUT2D eigenvalue weighted by Crippen LogP contribution is -3.15. The Morgan fingerprint density at radius 3 is 2.46 bits per heavy atom. The Kier molecular flexibility index (Phi) is 8.16. The summed E-state index contributed by atoms with van der Waals surface area (Å²) >= 11 is 0. The minimum Gasteiger partial charge on any atom is -0.355 e. The number of nitrogens with one attached hydrogen (secondary N) is 3. The molecule has 0 unspecified atom stereocenters. The molecule has 28 heavy (non-hydrogen) atoms. The van der Waals surface area contributed by atoms with Gasteiger partial charge in [-0.1, -0.05) is 30.3 Å². The van der Waals surface area contributed by atoms with Crippen LogP contribution in [0, 0.1) is 0 Å². The predicted octanol–water partition coefficient (Wildman–Crippen LogP) is -1.17. The summed E-state index contributed by atoms with van der Waals surface area (Å²) in [5, 5.41) is 6.57. The van der Waals surface area contributed by atoms with Crippen LogP contribution in [0.1, 0.15) is 19.4 Å². The summed E-state index contributed by atoms with van der Waals surface area (Å²) in [6, 6.07) is 8.68. The number of sulfonamides is 1. The molecule has 0 spiro atoms. The molecule has 1 aliphatic heterocycles. The molecule has 1 aromatic carbocycles. The number of benzene rings is 1. The first-order chi connectivity index (χ1) is 13.3. The molecule has 0 saturated carbocycles. The molecule has 0 aliphatic carbocycles. The van der Waals surface area contributed by atoms with Crippen LogP contribution in [-0.2, 0) is 19.6 Å². The molecular formula is C19H29N4O4S+. The summed E-state index contributed by atoms with van der Waals surface area (Å²) in [5.74, 6) is -0.430. The molecule has 2 rings (SSSR count). The van der Waals surface area contributed by atoms with E-state index in [0.717, 1.165) is 10.5 Å². The lowest BCUT2D eigenvalue weighted by Gasteiger charge is -2.30. The molecule has 0 bridgehead atoms. The fourth-order valence-corrected chi connectivity index (χ4v) is 4.15. The molecule has 1 saturated heterocycles. The van der Waals surface area contributed by atoms with Gasteiger partial charge in [0.25, 0.3) is 5.91 Å². The van der Waals surface area contributed by atoms with Crippen molar-refractivity contribution in [2.45, 2.75) is 19.9 Å². The molecule has 0 radical (unpaired) electrons. The van der Waals surface area contributed by atoms with E-state index in [1.165, 1.54) is 9.71 Å². The monoisotopic (exact) mass is 409 g/mol. The van der Waals surface area contributed by atoms with E-state index in [2.05, 4.69) is 10.6 Å². The number of rotatable bonds is 8. The highest BCUT2D eigenvalue weighted by Crippen LogP contribution is 2.08. The Hall–Kier alpha value is -2.23. The zero-order valence-corrected chi connectivity index (χ0v) is 17.2. The molecule has 3 N–H and O–H groups in total. The van der Waals surface area contributed by atoms with Crippen molar-refractivity contribution < 1.29 is 22.9 Å². The minimum atomic E-state index is -3.48. The summed E-state index contributed by atoms with van der Waals surface area (Å²) in [6.07, 6.45) is 1.59. The van der Waals surface area contributed by atoms with Crippen LogP contribution in [0.3, 0.4) is 0 Å². The number of amides is 2. The summed E-state index contributed by atoms with van der Waals surface area (Å²) in [4.78, 5) is 24.8. The van der Waals surface area contributed by atoms with Gasteiger partial charge in [0.1, 0.15) is 6.04 Å². The van der Waals surface area contributed by atoms with E-state index in [0.29, 0.717) is 32.7 Å². The van der Waals surface area contributed by atoms with Crippen molar-refractivity contribution >= 4 is 27.9 Å². The van der Waals surface area contributed by atoms with Gasteiger partial charge in [0.05, 0.1) is 26.2 Å². The van der Waals surface area contributed by atoms with Crippen molar-refractivity contribution in [3.8, 4) is 0 Å². The van der Waals surface area contributed by atoms with Gasteiger partial charge in [-0.25, -0.2) is 8.42 Å². The van der Waals surface area contributed by atoms with Crippen molar-refractivity contribution in [3.63, 3.8) is 0 Å². The molecule has 0 aromatic heterocycles. The number of nitrogens with zero attached hydrogens (tertiary/aromatic N) is 1. The molecule has 1 fully saturated rings. The van der Waals surface area contributed by atoms with Gasteiger partial charge in [-0.15, -0.1) is 0 Å². The van der Waals surface area contributed by atoms with Crippen LogP contribution in [0.4, 0.5) is 0 Å². The smallest absolute Gasteiger partial charge is 0.275 e. The average molecular weight is 410 g/mol. The minimum absolute atomic E-state index is 0.214. The second-order valence-electron chi connectivity index (χ2n) is 6.77. The summed E-state index contributed by atoms with van der Waals surface area (Å²) in [6.45, 7) is 5.99. The van der Waals surface area contributed by atoms with Crippen molar-refractivity contribution in [2.24, 2.45) is 0 Å². The van der Waals surface area contributed by atoms with Crippen molar-refractivity contribution in [3.05, 3.63) is 41.3 Å². The van der Waals surface area contributed by atoms with Crippen LogP contribution in [0.5, 0.6) is 0 Å². The fourth-order valence-electron chi connectivity index (χ4n) is 2.96. The van der Waals surface area contributed by atoms with E-state index >= 15 is 0 Å². The number of carbonyl (C=O) groups excluding carboxylic acids is 2. The third kappa shape index (κ3) is 6.74. The van der Waals surface area contributed by atoms with Gasteiger partial charge in [0.15, 0.2) is 6.54 Å². The molecule has 1 aliphatic rings. The topological polar surface area (TPSA) is 100 Å². The van der Waals surface area contributed by atoms with E-state index in [4.69, 9.17) is 0 Å². The molecule has 1 atom stereocenters. The van der Waals surface area contributed by atoms with Gasteiger partial charge >= 0.3 is 0 Å². The number of hydrogen-bond acceptors (Lipinski definition) is 4. The number of likely N-dealkylation sites (N-methyl/N-ethyl adjacent to an activating group) is 1. The van der Waals surface area contributed by atoms with E-state index in [1.807, 2.05) is 37.3 Å². The lowest BCUT2D eigenvalue weighted by atomic mass is 10.2. The Bertz CT molecular complexity index is 787. The van der Waals surface area contributed by atoms with E-state index < -0.39 is 16.1 Å². The first-order valence-electron chi connectivity index (χ1n) is 9.45. The number of hydrogen-bond donors (Lipinski definition) is 3. The zero-order valence-electron chi connectivity index (χ0n) is 16.3. The fraction of sp³-hybridized carbons (Fsp3) is 0.474. The van der Waals surface area contributed by atoms with Gasteiger partial charge in [0, 0.05) is 12.0 Å². The number of piperazine rings is 1. The van der Waals surface area contributed by atoms with Crippen molar-refractivity contribution in [1.29, 1.82) is 0 Å². The summed E-state index contributed by atoms with van der Waals surface area (Å²) in [7, 11) is -3.48. The second-order valence-corrected chi connectivity index (χ2v) is 8.59. The lowest BCUT2D eigenvalue weighted by molar-refractivity contribution is -0.895. The van der Waals surface area contributed by atoms with E-state index in [9.17, 15) is 18.0 Å². The van der Waals surface area contributed by atoms with E-state index in [1.54, 1.807) is 13.0 Å². The van der Waals surface area contributed by atoms with Gasteiger partial charge in [-0.3, -0.25) is 9.59 Å². The molecule has 2 amide bonds. The van der Waals surface area contributed by atoms with Crippen LogP contribution in [0.2, 0.25) is 0 Å². The zero-order chi connectivity index (χ0) is 20.6. The third-order valence-electron chi connectivity index (χ3n) is 4.55. The van der Waals surface area contributed by atoms with Crippen LogP contribution >= 0.6 is 0 Å². The van der Waals surface area contributed by atoms with Crippen LogP contribution < -0.4 is 15.5 Å². The summed E-state index contributed by atoms with van der Waals surface area (Å²) < 4.78 is 26.4. The van der Waals surface area contributed by atoms with Crippen molar-refractivity contribution in [1.82, 2.24) is 14.9 Å². The van der Waals surface area contributed by atoms with Gasteiger partial charge < -0.3 is 15.5 Å². The molecular weight excluding hydrogens is 380 g/mol. The predicted molar refractivity (Wildman–Crippen MR) is 108 cm³/mol. The first-order valence-corrected chi connectivity index (χ1v) is 11.0. The summed E-state index contributed by atoms with van der Waals surface area (Å²) in [5.41, 5.74) is 0.827. The largest absolute Gasteiger partial charge is 0.355 e. The van der Waals surface area contributed by atoms with E-state index in [-0.39, 0.29) is 18.4 Å². The van der Waals surface area contributed by atoms with Crippen LogP contribution in [0.25, 0.3) is 6.08 Å². The number of carbonyl (C=O) groups is 2. The molecule has 9 heteroatoms. The highest BCUT2D eigenvalue weighted by atomic mass is 32.2. The normalized spacial score (nSPS) is 17.4. The Labute approximate surface area is 166 Å². The van der Waals surface area contributed by atoms with Crippen LogP contribution in [0.15, 0.2) is 35.7 Å². The number of quaternary nitrogens is 1. The second kappa shape index (κ2) is 10.4. The SMILES string of the molecule is CCNC(=O)[C@H](C)NC(=O)C[NH+]1CCN(S(=O)(=O)/C=C/c2ccccc2)CC1. The first kappa shape index (κ1) is 22.1. The maximum Gasteiger partial charge on any atom is 0.275 e. The Morgan fingerprint density at radius 2 is 1.86 bits per heavy atom. The maximum absolute atomic E-state index is 12.5. The van der Waals surface area contributed by atoms with Gasteiger partial charge in [-0.2, -0.15) is 4.31 Å². The molecule has 1 heterocycles. The quantitative estimate of drug-likeness (QED) is 0.504. The molecule has 1 aromatic rings. The Balaban J connectivity index is 1.81. The van der Waals surface area contributed by atoms with Gasteiger partial charge in [0.2, 0.25) is 15.9 Å². The molecule has 154 valence electrons. The highest BCUT2D eigenvalue weighted by molar-refractivity contribution is 7.92. The van der Waals surface area contributed by atoms with Gasteiger partial charge in [-0.05, 0) is 25.5 Å². The third-order valence-corrected chi connectivity index (χ3v) is 6.12. The standard InChI is InChI=1S/C19H28N4O4S/c1-3-20-19(25)16(2)21-18(24)15-22-10-12-23(13-11-22)28(26,27)14-9-17-7-5-4-6-8-17/h4-9,14,16H,3,10-13,15H2,1-2H3,(H,20,25)(H,21,24)/p+1/b14-9+/t16-/m0/s1. The molecule has 8 nitrogen and oxygen atoms in total. The Morgan fingerprint density at radius 1 is 1.21 bits per heavy atom. The van der Waals surface area contributed by atoms with Crippen molar-refractivity contribution in [2.75, 3.05) is 39.3 Å². The highest BCUT2D eigenvalue weighted by Gasteiger charge is 2.29. The average Bonchev–Trinajstić information content (AvgIpc) is 2.68. The maximum atomic E-state index is 12.5.